The van der Waals surface area contributed by atoms with Crippen molar-refractivity contribution in [3.8, 4) is 11.4 Å². The van der Waals surface area contributed by atoms with E-state index in [-0.39, 0.29) is 24.4 Å². The number of benzene rings is 1. The van der Waals surface area contributed by atoms with Crippen LogP contribution >= 0.6 is 0 Å². The molecule has 1 saturated heterocycles. The quantitative estimate of drug-likeness (QED) is 0.883. The SMILES string of the molecule is Cc1ccc(-c2nnn(CC(=O)N3C(C(=O)O)CC4CCCCC43)n2)cc1. The third-order valence-electron chi connectivity index (χ3n) is 5.70. The highest BCUT2D eigenvalue weighted by molar-refractivity contribution is 5.84. The maximum Gasteiger partial charge on any atom is 0.326 e. The first-order valence-electron chi connectivity index (χ1n) is 9.42. The van der Waals surface area contributed by atoms with Gasteiger partial charge in [0.1, 0.15) is 12.6 Å². The molecule has 27 heavy (non-hydrogen) atoms. The monoisotopic (exact) mass is 369 g/mol. The molecule has 1 aliphatic carbocycles. The van der Waals surface area contributed by atoms with Gasteiger partial charge in [-0.1, -0.05) is 42.7 Å². The molecule has 0 bridgehead atoms. The third kappa shape index (κ3) is 3.43. The summed E-state index contributed by atoms with van der Waals surface area (Å²) < 4.78 is 0. The minimum atomic E-state index is -0.926. The topological polar surface area (TPSA) is 101 Å². The van der Waals surface area contributed by atoms with E-state index in [1.54, 1.807) is 4.90 Å². The lowest BCUT2D eigenvalue weighted by atomic mass is 9.85. The van der Waals surface area contributed by atoms with Crippen LogP contribution in [0.25, 0.3) is 11.4 Å². The minimum Gasteiger partial charge on any atom is -0.480 e. The number of amides is 1. The predicted molar refractivity (Wildman–Crippen MR) is 96.6 cm³/mol. The molecule has 8 heteroatoms. The largest absolute Gasteiger partial charge is 0.480 e. The number of carboxylic acids is 1. The van der Waals surface area contributed by atoms with E-state index in [1.165, 1.54) is 4.80 Å². The Morgan fingerprint density at radius 3 is 2.67 bits per heavy atom. The van der Waals surface area contributed by atoms with Gasteiger partial charge in [0, 0.05) is 11.6 Å². The van der Waals surface area contributed by atoms with Crippen molar-refractivity contribution in [2.75, 3.05) is 0 Å². The van der Waals surface area contributed by atoms with Crippen LogP contribution in [-0.4, -0.2) is 54.2 Å². The summed E-state index contributed by atoms with van der Waals surface area (Å²) in [6.07, 6.45) is 4.57. The summed E-state index contributed by atoms with van der Waals surface area (Å²) in [5, 5.41) is 21.9. The Labute approximate surface area is 157 Å². The summed E-state index contributed by atoms with van der Waals surface area (Å²) >= 11 is 0. The molecular weight excluding hydrogens is 346 g/mol. The lowest BCUT2D eigenvalue weighted by Crippen LogP contribution is -2.47. The number of aliphatic carboxylic acids is 1. The number of fused-ring (bicyclic) bond motifs is 1. The molecule has 2 aromatic rings. The zero-order chi connectivity index (χ0) is 19.0. The Balaban J connectivity index is 1.51. The number of carbonyl (C=O) groups is 2. The number of hydrogen-bond donors (Lipinski definition) is 1. The number of likely N-dealkylation sites (tertiary alicyclic amines) is 1. The highest BCUT2D eigenvalue weighted by atomic mass is 16.4. The zero-order valence-electron chi connectivity index (χ0n) is 15.3. The van der Waals surface area contributed by atoms with Crippen molar-refractivity contribution < 1.29 is 14.7 Å². The van der Waals surface area contributed by atoms with Crippen LogP contribution in [0.5, 0.6) is 0 Å². The van der Waals surface area contributed by atoms with E-state index >= 15 is 0 Å². The summed E-state index contributed by atoms with van der Waals surface area (Å²) in [6.45, 7) is 1.91. The molecule has 1 saturated carbocycles. The van der Waals surface area contributed by atoms with Crippen LogP contribution < -0.4 is 0 Å². The molecule has 4 rings (SSSR count). The maximum absolute atomic E-state index is 12.9. The molecule has 1 aromatic carbocycles. The standard InChI is InChI=1S/C19H23N5O3/c1-12-6-8-13(9-7-12)18-20-22-23(21-18)11-17(25)24-15-5-3-2-4-14(15)10-16(24)19(26)27/h6-9,14-16H,2-5,10-11H2,1H3,(H,26,27). The van der Waals surface area contributed by atoms with Gasteiger partial charge in [-0.25, -0.2) is 4.79 Å². The van der Waals surface area contributed by atoms with Crippen molar-refractivity contribution in [1.29, 1.82) is 0 Å². The first kappa shape index (κ1) is 17.6. The van der Waals surface area contributed by atoms with Crippen molar-refractivity contribution in [2.45, 2.75) is 57.7 Å². The van der Waals surface area contributed by atoms with Crippen LogP contribution in [0.15, 0.2) is 24.3 Å². The van der Waals surface area contributed by atoms with Gasteiger partial charge >= 0.3 is 5.97 Å². The third-order valence-corrected chi connectivity index (χ3v) is 5.70. The molecule has 2 fully saturated rings. The van der Waals surface area contributed by atoms with Crippen LogP contribution in [0.4, 0.5) is 0 Å². The summed E-state index contributed by atoms with van der Waals surface area (Å²) in [7, 11) is 0. The molecule has 3 atom stereocenters. The van der Waals surface area contributed by atoms with Gasteiger partial charge in [-0.3, -0.25) is 4.79 Å². The number of aryl methyl sites for hydroxylation is 1. The molecule has 142 valence electrons. The fourth-order valence-electron chi connectivity index (χ4n) is 4.37. The van der Waals surface area contributed by atoms with Crippen LogP contribution in [-0.2, 0) is 16.1 Å². The number of tetrazole rings is 1. The molecule has 1 amide bonds. The first-order valence-corrected chi connectivity index (χ1v) is 9.42. The van der Waals surface area contributed by atoms with Crippen LogP contribution in [0.3, 0.4) is 0 Å². The lowest BCUT2D eigenvalue weighted by Gasteiger charge is -2.32. The van der Waals surface area contributed by atoms with Gasteiger partial charge in [-0.15, -0.1) is 10.2 Å². The molecule has 8 nitrogen and oxygen atoms in total. The molecule has 1 aromatic heterocycles. The van der Waals surface area contributed by atoms with Crippen LogP contribution in [0.2, 0.25) is 0 Å². The second-order valence-electron chi connectivity index (χ2n) is 7.51. The van der Waals surface area contributed by atoms with Crippen molar-refractivity contribution >= 4 is 11.9 Å². The Kier molecular flexibility index (Phi) is 4.63. The van der Waals surface area contributed by atoms with Gasteiger partial charge in [0.15, 0.2) is 0 Å². The number of carboxylic acid groups (broad SMARTS) is 1. The van der Waals surface area contributed by atoms with E-state index in [0.29, 0.717) is 12.2 Å². The van der Waals surface area contributed by atoms with E-state index in [4.69, 9.17) is 0 Å². The Morgan fingerprint density at radius 2 is 1.93 bits per heavy atom. The summed E-state index contributed by atoms with van der Waals surface area (Å²) in [4.78, 5) is 27.4. The second kappa shape index (κ2) is 7.09. The average molecular weight is 369 g/mol. The van der Waals surface area contributed by atoms with Crippen molar-refractivity contribution in [2.24, 2.45) is 5.92 Å². The zero-order valence-corrected chi connectivity index (χ0v) is 15.3. The van der Waals surface area contributed by atoms with Gasteiger partial charge in [0.25, 0.3) is 0 Å². The van der Waals surface area contributed by atoms with Gasteiger partial charge in [-0.2, -0.15) is 4.80 Å². The Bertz CT molecular complexity index is 847. The molecule has 3 unspecified atom stereocenters. The van der Waals surface area contributed by atoms with Crippen LogP contribution in [0.1, 0.15) is 37.7 Å². The highest BCUT2D eigenvalue weighted by Gasteiger charge is 2.47. The summed E-state index contributed by atoms with van der Waals surface area (Å²) in [5.41, 5.74) is 1.97. The molecule has 1 aliphatic heterocycles. The Morgan fingerprint density at radius 1 is 1.19 bits per heavy atom. The number of rotatable bonds is 4. The molecule has 1 N–H and O–H groups in total. The van der Waals surface area contributed by atoms with Crippen molar-refractivity contribution in [3.05, 3.63) is 29.8 Å². The predicted octanol–water partition coefficient (Wildman–Crippen LogP) is 1.89. The van der Waals surface area contributed by atoms with Crippen molar-refractivity contribution in [1.82, 2.24) is 25.1 Å². The number of aromatic nitrogens is 4. The fraction of sp³-hybridized carbons (Fsp3) is 0.526. The summed E-state index contributed by atoms with van der Waals surface area (Å²) in [5.74, 6) is -0.431. The Hall–Kier alpha value is -2.77. The van der Waals surface area contributed by atoms with Gasteiger partial charge in [0.05, 0.1) is 0 Å². The van der Waals surface area contributed by atoms with Crippen molar-refractivity contribution in [3.63, 3.8) is 0 Å². The average Bonchev–Trinajstić information content (AvgIpc) is 3.27. The van der Waals surface area contributed by atoms with E-state index in [9.17, 15) is 14.7 Å². The molecular formula is C19H23N5O3. The van der Waals surface area contributed by atoms with Gasteiger partial charge in [-0.05, 0) is 37.3 Å². The minimum absolute atomic E-state index is 0.0208. The summed E-state index contributed by atoms with van der Waals surface area (Å²) in [6, 6.07) is 7.02. The number of hydrogen-bond acceptors (Lipinski definition) is 5. The van der Waals surface area contributed by atoms with E-state index in [2.05, 4.69) is 15.4 Å². The molecule has 2 aliphatic rings. The van der Waals surface area contributed by atoms with E-state index in [1.807, 2.05) is 31.2 Å². The van der Waals surface area contributed by atoms with Crippen LogP contribution in [0, 0.1) is 12.8 Å². The molecule has 0 radical (unpaired) electrons. The second-order valence-corrected chi connectivity index (χ2v) is 7.51. The normalized spacial score (nSPS) is 24.6. The smallest absolute Gasteiger partial charge is 0.326 e. The van der Waals surface area contributed by atoms with E-state index < -0.39 is 12.0 Å². The van der Waals surface area contributed by atoms with E-state index in [0.717, 1.165) is 36.8 Å². The molecule has 0 spiro atoms. The maximum atomic E-state index is 12.9. The highest BCUT2D eigenvalue weighted by Crippen LogP contribution is 2.39. The number of nitrogens with zero attached hydrogens (tertiary/aromatic N) is 5. The fourth-order valence-corrected chi connectivity index (χ4v) is 4.37. The van der Waals surface area contributed by atoms with Gasteiger partial charge < -0.3 is 10.0 Å². The van der Waals surface area contributed by atoms with Gasteiger partial charge in [0.2, 0.25) is 11.7 Å². The number of carbonyl (C=O) groups excluding carboxylic acids is 1. The first-order chi connectivity index (χ1) is 13.0. The molecule has 2 heterocycles. The lowest BCUT2D eigenvalue weighted by molar-refractivity contribution is -0.150.